The summed E-state index contributed by atoms with van der Waals surface area (Å²) < 4.78 is 22.0. The number of hydrogen-bond donors (Lipinski definition) is 1. The monoisotopic (exact) mass is 401 g/mol. The Kier molecular flexibility index (Phi) is 4.49. The van der Waals surface area contributed by atoms with Crippen LogP contribution in [0, 0.1) is 0 Å². The smallest absolute Gasteiger partial charge is 0.322 e. The minimum Gasteiger partial charge on any atom is -0.457 e. The second kappa shape index (κ2) is 7.59. The molecule has 8 heteroatoms. The van der Waals surface area contributed by atoms with Gasteiger partial charge in [0.2, 0.25) is 12.7 Å². The van der Waals surface area contributed by atoms with Gasteiger partial charge in [-0.3, -0.25) is 10.1 Å². The Hall–Kier alpha value is -4.33. The van der Waals surface area contributed by atoms with Crippen molar-refractivity contribution in [3.8, 4) is 34.5 Å². The van der Waals surface area contributed by atoms with Gasteiger partial charge in [0, 0.05) is 11.1 Å². The van der Waals surface area contributed by atoms with E-state index in [1.165, 1.54) is 0 Å². The first-order valence-electron chi connectivity index (χ1n) is 9.12. The maximum Gasteiger partial charge on any atom is 0.322 e. The minimum atomic E-state index is -0.394. The first-order valence-corrected chi connectivity index (χ1v) is 9.12. The normalized spacial score (nSPS) is 11.9. The fraction of sp³-hybridized carbons (Fsp3) is 0.0455. The number of rotatable bonds is 5. The van der Waals surface area contributed by atoms with Crippen LogP contribution >= 0.6 is 0 Å². The molecule has 0 atom stereocenters. The number of amides is 1. The van der Waals surface area contributed by atoms with Crippen molar-refractivity contribution in [3.05, 3.63) is 78.4 Å². The largest absolute Gasteiger partial charge is 0.457 e. The Balaban J connectivity index is 1.30. The van der Waals surface area contributed by atoms with Crippen molar-refractivity contribution in [2.75, 3.05) is 12.1 Å². The van der Waals surface area contributed by atoms with E-state index >= 15 is 0 Å². The lowest BCUT2D eigenvalue weighted by atomic mass is 10.2. The van der Waals surface area contributed by atoms with Crippen LogP contribution in [0.3, 0.4) is 0 Å². The number of nitrogens with zero attached hydrogens (tertiary/aromatic N) is 2. The molecule has 1 aromatic heterocycles. The summed E-state index contributed by atoms with van der Waals surface area (Å²) in [6.45, 7) is 0.178. The molecule has 0 saturated carbocycles. The van der Waals surface area contributed by atoms with Crippen LogP contribution in [0.15, 0.2) is 77.2 Å². The summed E-state index contributed by atoms with van der Waals surface area (Å²) >= 11 is 0. The highest BCUT2D eigenvalue weighted by Crippen LogP contribution is 2.35. The predicted molar refractivity (Wildman–Crippen MR) is 107 cm³/mol. The number of ether oxygens (including phenoxy) is 3. The average molecular weight is 401 g/mol. The van der Waals surface area contributed by atoms with Gasteiger partial charge in [-0.1, -0.05) is 29.4 Å². The lowest BCUT2D eigenvalue weighted by Gasteiger charge is -2.07. The fourth-order valence-electron chi connectivity index (χ4n) is 2.91. The molecular formula is C22H15N3O5. The zero-order valence-corrected chi connectivity index (χ0v) is 15.6. The van der Waals surface area contributed by atoms with Gasteiger partial charge in [-0.05, 0) is 48.5 Å². The van der Waals surface area contributed by atoms with Gasteiger partial charge >= 0.3 is 6.01 Å². The Morgan fingerprint density at radius 3 is 2.60 bits per heavy atom. The van der Waals surface area contributed by atoms with E-state index in [9.17, 15) is 4.79 Å². The summed E-state index contributed by atoms with van der Waals surface area (Å²) in [6.07, 6.45) is 0. The Morgan fingerprint density at radius 1 is 0.867 bits per heavy atom. The number of benzene rings is 3. The highest BCUT2D eigenvalue weighted by molar-refractivity contribution is 6.03. The summed E-state index contributed by atoms with van der Waals surface area (Å²) in [5, 5.41) is 10.5. The molecule has 148 valence electrons. The van der Waals surface area contributed by atoms with Crippen molar-refractivity contribution >= 4 is 11.9 Å². The van der Waals surface area contributed by atoms with Crippen molar-refractivity contribution in [1.29, 1.82) is 0 Å². The van der Waals surface area contributed by atoms with Crippen LogP contribution in [-0.2, 0) is 0 Å². The van der Waals surface area contributed by atoms with Gasteiger partial charge in [0.05, 0.1) is 0 Å². The second-order valence-electron chi connectivity index (χ2n) is 6.38. The van der Waals surface area contributed by atoms with Gasteiger partial charge in [0.25, 0.3) is 5.91 Å². The number of hydrogen-bond acceptors (Lipinski definition) is 7. The molecule has 0 unspecified atom stereocenters. The molecule has 1 amide bonds. The number of para-hydroxylation sites is 1. The molecule has 0 radical (unpaired) electrons. The van der Waals surface area contributed by atoms with E-state index in [2.05, 4.69) is 15.5 Å². The second-order valence-corrected chi connectivity index (χ2v) is 6.38. The molecule has 3 aromatic carbocycles. The van der Waals surface area contributed by atoms with Gasteiger partial charge in [-0.2, -0.15) is 0 Å². The third-order valence-corrected chi connectivity index (χ3v) is 4.34. The molecule has 1 aliphatic rings. The maximum atomic E-state index is 12.6. The van der Waals surface area contributed by atoms with Gasteiger partial charge < -0.3 is 18.6 Å². The molecule has 0 bridgehead atoms. The van der Waals surface area contributed by atoms with E-state index in [0.717, 1.165) is 0 Å². The van der Waals surface area contributed by atoms with Gasteiger partial charge in [0.15, 0.2) is 11.5 Å². The molecule has 0 aliphatic carbocycles. The van der Waals surface area contributed by atoms with Crippen LogP contribution in [0.25, 0.3) is 11.5 Å². The zero-order valence-electron chi connectivity index (χ0n) is 15.6. The molecule has 1 N–H and O–H groups in total. The number of carbonyl (C=O) groups is 1. The molecule has 0 saturated heterocycles. The molecule has 8 nitrogen and oxygen atoms in total. The number of anilines is 1. The fourth-order valence-corrected chi connectivity index (χ4v) is 2.91. The van der Waals surface area contributed by atoms with Crippen molar-refractivity contribution in [3.63, 3.8) is 0 Å². The molecule has 5 rings (SSSR count). The number of aromatic nitrogens is 2. The Morgan fingerprint density at radius 2 is 1.70 bits per heavy atom. The lowest BCUT2D eigenvalue weighted by Crippen LogP contribution is -2.12. The van der Waals surface area contributed by atoms with Crippen LogP contribution in [0.1, 0.15) is 10.4 Å². The van der Waals surface area contributed by atoms with E-state index < -0.39 is 5.91 Å². The van der Waals surface area contributed by atoms with Crippen LogP contribution < -0.4 is 19.5 Å². The van der Waals surface area contributed by atoms with Crippen LogP contribution in [-0.4, -0.2) is 22.9 Å². The molecule has 1 aliphatic heterocycles. The van der Waals surface area contributed by atoms with Crippen molar-refractivity contribution < 1.29 is 23.4 Å². The van der Waals surface area contributed by atoms with E-state index in [1.807, 2.05) is 30.3 Å². The minimum absolute atomic E-state index is 0.0120. The molecule has 0 fully saturated rings. The summed E-state index contributed by atoms with van der Waals surface area (Å²) in [7, 11) is 0. The summed E-state index contributed by atoms with van der Waals surface area (Å²) in [5.41, 5.74) is 1.05. The molecule has 30 heavy (non-hydrogen) atoms. The van der Waals surface area contributed by atoms with E-state index in [-0.39, 0.29) is 18.7 Å². The number of carbonyl (C=O) groups excluding carboxylic acids is 1. The summed E-state index contributed by atoms with van der Waals surface area (Å²) in [5.74, 6) is 2.34. The molecule has 4 aromatic rings. The van der Waals surface area contributed by atoms with Gasteiger partial charge in [0.1, 0.15) is 11.5 Å². The Labute approximate surface area is 171 Å². The van der Waals surface area contributed by atoms with Crippen LogP contribution in [0.4, 0.5) is 6.01 Å². The van der Waals surface area contributed by atoms with Crippen LogP contribution in [0.2, 0.25) is 0 Å². The predicted octanol–water partition coefficient (Wildman–Crippen LogP) is 4.51. The standard InChI is InChI=1S/C22H15N3O5/c26-20(14-5-4-8-17(11-14)29-16-6-2-1-3-7-16)23-22-25-24-21(30-22)15-9-10-18-19(12-15)28-13-27-18/h1-12H,13H2,(H,23,25,26). The molecular weight excluding hydrogens is 386 g/mol. The van der Waals surface area contributed by atoms with Gasteiger partial charge in [-0.15, -0.1) is 5.10 Å². The molecule has 2 heterocycles. The molecule has 0 spiro atoms. The maximum absolute atomic E-state index is 12.6. The van der Waals surface area contributed by atoms with Crippen molar-refractivity contribution in [2.24, 2.45) is 0 Å². The first kappa shape index (κ1) is 17.7. The number of nitrogens with one attached hydrogen (secondary N) is 1. The first-order chi connectivity index (χ1) is 14.7. The van der Waals surface area contributed by atoms with E-state index in [1.54, 1.807) is 42.5 Å². The third-order valence-electron chi connectivity index (χ3n) is 4.34. The topological polar surface area (TPSA) is 95.7 Å². The average Bonchev–Trinajstić information content (AvgIpc) is 3.43. The van der Waals surface area contributed by atoms with Crippen molar-refractivity contribution in [2.45, 2.75) is 0 Å². The highest BCUT2D eigenvalue weighted by atomic mass is 16.7. The van der Waals surface area contributed by atoms with Crippen LogP contribution in [0.5, 0.6) is 23.0 Å². The number of fused-ring (bicyclic) bond motifs is 1. The summed E-state index contributed by atoms with van der Waals surface area (Å²) in [6, 6.07) is 21.4. The third kappa shape index (κ3) is 3.66. The summed E-state index contributed by atoms with van der Waals surface area (Å²) in [4.78, 5) is 12.6. The van der Waals surface area contributed by atoms with E-state index in [4.69, 9.17) is 18.6 Å². The SMILES string of the molecule is O=C(Nc1nnc(-c2ccc3c(c2)OCO3)o1)c1cccc(Oc2ccccc2)c1. The van der Waals surface area contributed by atoms with Crippen molar-refractivity contribution in [1.82, 2.24) is 10.2 Å². The highest BCUT2D eigenvalue weighted by Gasteiger charge is 2.18. The quantitative estimate of drug-likeness (QED) is 0.526. The van der Waals surface area contributed by atoms with Gasteiger partial charge in [-0.25, -0.2) is 0 Å². The van der Waals surface area contributed by atoms with E-state index in [0.29, 0.717) is 34.1 Å². The Bertz CT molecular complexity index is 1210. The zero-order chi connectivity index (χ0) is 20.3. The lowest BCUT2D eigenvalue weighted by molar-refractivity contribution is 0.102.